The molecule has 0 aliphatic rings. The van der Waals surface area contributed by atoms with Crippen molar-refractivity contribution in [2.24, 2.45) is 5.92 Å². The first-order valence-corrected chi connectivity index (χ1v) is 7.46. The van der Waals surface area contributed by atoms with Crippen LogP contribution in [0.4, 0.5) is 0 Å². The lowest BCUT2D eigenvalue weighted by molar-refractivity contribution is 0.0961. The third-order valence-electron chi connectivity index (χ3n) is 2.67. The number of nitrogens with zero attached hydrogens (tertiary/aromatic N) is 2. The molecule has 5 heteroatoms. The molecular formula is C15H27N3O2. The van der Waals surface area contributed by atoms with Gasteiger partial charge in [0.2, 0.25) is 5.88 Å². The van der Waals surface area contributed by atoms with E-state index in [1.165, 1.54) is 0 Å². The van der Waals surface area contributed by atoms with E-state index in [9.17, 15) is 0 Å². The van der Waals surface area contributed by atoms with Crippen molar-refractivity contribution in [1.29, 1.82) is 0 Å². The van der Waals surface area contributed by atoms with Crippen molar-refractivity contribution in [2.45, 2.75) is 40.2 Å². The number of unbranched alkanes of at least 4 members (excludes halogenated alkanes) is 1. The SMILES string of the molecule is CCCCOCCOc1ccc(CNCC(C)C)nn1. The summed E-state index contributed by atoms with van der Waals surface area (Å²) in [4.78, 5) is 0. The lowest BCUT2D eigenvalue weighted by atomic mass is 10.2. The number of hydrogen-bond acceptors (Lipinski definition) is 5. The number of rotatable bonds is 11. The van der Waals surface area contributed by atoms with Crippen molar-refractivity contribution in [3.05, 3.63) is 17.8 Å². The van der Waals surface area contributed by atoms with E-state index in [1.807, 2.05) is 12.1 Å². The van der Waals surface area contributed by atoms with Crippen LogP contribution in [0.2, 0.25) is 0 Å². The summed E-state index contributed by atoms with van der Waals surface area (Å²) < 4.78 is 10.9. The molecule has 0 saturated carbocycles. The Hall–Kier alpha value is -1.20. The molecule has 0 aliphatic carbocycles. The summed E-state index contributed by atoms with van der Waals surface area (Å²) in [5.74, 6) is 1.19. The van der Waals surface area contributed by atoms with Crippen LogP contribution in [-0.4, -0.2) is 36.6 Å². The van der Waals surface area contributed by atoms with Gasteiger partial charge in [-0.15, -0.1) is 5.10 Å². The highest BCUT2D eigenvalue weighted by Crippen LogP contribution is 2.04. The van der Waals surface area contributed by atoms with Gasteiger partial charge in [-0.1, -0.05) is 27.2 Å². The van der Waals surface area contributed by atoms with Crippen LogP contribution in [0.5, 0.6) is 5.88 Å². The summed E-state index contributed by atoms with van der Waals surface area (Å²) in [6.45, 7) is 10.1. The largest absolute Gasteiger partial charge is 0.474 e. The molecule has 0 fully saturated rings. The zero-order valence-electron chi connectivity index (χ0n) is 12.9. The minimum absolute atomic E-state index is 0.517. The molecule has 20 heavy (non-hydrogen) atoms. The van der Waals surface area contributed by atoms with Gasteiger partial charge >= 0.3 is 0 Å². The minimum atomic E-state index is 0.517. The molecule has 0 amide bonds. The molecule has 0 aromatic carbocycles. The van der Waals surface area contributed by atoms with E-state index in [1.54, 1.807) is 0 Å². The van der Waals surface area contributed by atoms with E-state index in [0.717, 1.165) is 38.2 Å². The van der Waals surface area contributed by atoms with Gasteiger partial charge in [-0.2, -0.15) is 5.10 Å². The van der Waals surface area contributed by atoms with E-state index in [4.69, 9.17) is 9.47 Å². The lowest BCUT2D eigenvalue weighted by Gasteiger charge is -2.08. The third kappa shape index (κ3) is 8.07. The number of ether oxygens (including phenoxy) is 2. The fraction of sp³-hybridized carbons (Fsp3) is 0.733. The van der Waals surface area contributed by atoms with Gasteiger partial charge in [-0.25, -0.2) is 0 Å². The van der Waals surface area contributed by atoms with Crippen LogP contribution in [0.1, 0.15) is 39.3 Å². The molecule has 0 saturated heterocycles. The van der Waals surface area contributed by atoms with Crippen molar-refractivity contribution in [2.75, 3.05) is 26.4 Å². The van der Waals surface area contributed by atoms with Crippen LogP contribution in [0, 0.1) is 5.92 Å². The Kier molecular flexibility index (Phi) is 8.91. The summed E-state index contributed by atoms with van der Waals surface area (Å²) in [6.07, 6.45) is 2.25. The van der Waals surface area contributed by atoms with Crippen LogP contribution < -0.4 is 10.1 Å². The fourth-order valence-corrected chi connectivity index (χ4v) is 1.56. The van der Waals surface area contributed by atoms with Crippen molar-refractivity contribution in [1.82, 2.24) is 15.5 Å². The maximum Gasteiger partial charge on any atom is 0.233 e. The molecule has 1 rings (SSSR count). The van der Waals surface area contributed by atoms with Gasteiger partial charge in [0.25, 0.3) is 0 Å². The van der Waals surface area contributed by atoms with E-state index in [2.05, 4.69) is 36.3 Å². The van der Waals surface area contributed by atoms with Gasteiger partial charge in [0.05, 0.1) is 12.3 Å². The highest BCUT2D eigenvalue weighted by Gasteiger charge is 2.00. The maximum absolute atomic E-state index is 5.46. The molecule has 1 aromatic heterocycles. The third-order valence-corrected chi connectivity index (χ3v) is 2.67. The van der Waals surface area contributed by atoms with Crippen molar-refractivity contribution in [3.63, 3.8) is 0 Å². The van der Waals surface area contributed by atoms with Crippen LogP contribution in [-0.2, 0) is 11.3 Å². The quantitative estimate of drug-likeness (QED) is 0.631. The van der Waals surface area contributed by atoms with Gasteiger partial charge in [0.1, 0.15) is 6.61 Å². The predicted molar refractivity (Wildman–Crippen MR) is 79.8 cm³/mol. The van der Waals surface area contributed by atoms with Gasteiger partial charge in [0.15, 0.2) is 0 Å². The normalized spacial score (nSPS) is 11.0. The van der Waals surface area contributed by atoms with Crippen LogP contribution in [0.15, 0.2) is 12.1 Å². The van der Waals surface area contributed by atoms with E-state index in [0.29, 0.717) is 25.0 Å². The Bertz CT molecular complexity index is 341. The minimum Gasteiger partial charge on any atom is -0.474 e. The standard InChI is InChI=1S/C15H27N3O2/c1-4-5-8-19-9-10-20-15-7-6-14(17-18-15)12-16-11-13(2)3/h6-7,13,16H,4-5,8-12H2,1-3H3. The molecule has 0 aliphatic heterocycles. The van der Waals surface area contributed by atoms with E-state index < -0.39 is 0 Å². The van der Waals surface area contributed by atoms with Gasteiger partial charge < -0.3 is 14.8 Å². The molecule has 0 atom stereocenters. The zero-order chi connectivity index (χ0) is 14.6. The molecule has 0 radical (unpaired) electrons. The molecule has 1 aromatic rings. The van der Waals surface area contributed by atoms with Crippen LogP contribution >= 0.6 is 0 Å². The summed E-state index contributed by atoms with van der Waals surface area (Å²) in [5.41, 5.74) is 0.928. The monoisotopic (exact) mass is 281 g/mol. The Morgan fingerprint density at radius 3 is 2.65 bits per heavy atom. The fourth-order valence-electron chi connectivity index (χ4n) is 1.56. The second-order valence-corrected chi connectivity index (χ2v) is 5.20. The summed E-state index contributed by atoms with van der Waals surface area (Å²) >= 11 is 0. The van der Waals surface area contributed by atoms with Crippen LogP contribution in [0.3, 0.4) is 0 Å². The van der Waals surface area contributed by atoms with Crippen LogP contribution in [0.25, 0.3) is 0 Å². The molecule has 114 valence electrons. The second kappa shape index (κ2) is 10.6. The van der Waals surface area contributed by atoms with Gasteiger partial charge in [0, 0.05) is 19.2 Å². The highest BCUT2D eigenvalue weighted by atomic mass is 16.5. The molecule has 5 nitrogen and oxygen atoms in total. The number of nitrogens with one attached hydrogen (secondary N) is 1. The van der Waals surface area contributed by atoms with Crippen molar-refractivity contribution < 1.29 is 9.47 Å². The Labute approximate surface area is 122 Å². The molecular weight excluding hydrogens is 254 g/mol. The Balaban J connectivity index is 2.15. The molecule has 0 unspecified atom stereocenters. The topological polar surface area (TPSA) is 56.3 Å². The lowest BCUT2D eigenvalue weighted by Crippen LogP contribution is -2.19. The molecule has 1 N–H and O–H groups in total. The first kappa shape index (κ1) is 16.9. The molecule has 0 bridgehead atoms. The molecule has 0 spiro atoms. The molecule has 1 heterocycles. The Morgan fingerprint density at radius 1 is 1.15 bits per heavy atom. The first-order chi connectivity index (χ1) is 9.72. The zero-order valence-corrected chi connectivity index (χ0v) is 12.9. The number of aromatic nitrogens is 2. The highest BCUT2D eigenvalue weighted by molar-refractivity contribution is 5.11. The average Bonchev–Trinajstić information content (AvgIpc) is 2.44. The maximum atomic E-state index is 5.46. The predicted octanol–water partition coefficient (Wildman–Crippen LogP) is 2.42. The summed E-state index contributed by atoms with van der Waals surface area (Å²) in [7, 11) is 0. The van der Waals surface area contributed by atoms with Crippen molar-refractivity contribution >= 4 is 0 Å². The smallest absolute Gasteiger partial charge is 0.233 e. The summed E-state index contributed by atoms with van der Waals surface area (Å²) in [5, 5.41) is 11.5. The second-order valence-electron chi connectivity index (χ2n) is 5.20. The first-order valence-electron chi connectivity index (χ1n) is 7.46. The van der Waals surface area contributed by atoms with Gasteiger partial charge in [-0.05, 0) is 24.9 Å². The Morgan fingerprint density at radius 2 is 2.00 bits per heavy atom. The van der Waals surface area contributed by atoms with Crippen molar-refractivity contribution in [3.8, 4) is 5.88 Å². The number of hydrogen-bond donors (Lipinski definition) is 1. The van der Waals surface area contributed by atoms with Gasteiger partial charge in [-0.3, -0.25) is 0 Å². The summed E-state index contributed by atoms with van der Waals surface area (Å²) in [6, 6.07) is 3.79. The average molecular weight is 281 g/mol. The van der Waals surface area contributed by atoms with E-state index >= 15 is 0 Å². The van der Waals surface area contributed by atoms with E-state index in [-0.39, 0.29) is 0 Å².